The summed E-state index contributed by atoms with van der Waals surface area (Å²) in [6, 6.07) is 1.31. The number of nitrogens with zero attached hydrogens (tertiary/aromatic N) is 1. The lowest BCUT2D eigenvalue weighted by atomic mass is 10.4. The number of aromatic nitrogens is 2. The first kappa shape index (κ1) is 17.6. The molecule has 1 heterocycles. The van der Waals surface area contributed by atoms with Crippen LogP contribution in [0.5, 0.6) is 0 Å². The maximum Gasteiger partial charge on any atom is 0.328 e. The maximum absolute atomic E-state index is 11.4. The van der Waals surface area contributed by atoms with Crippen LogP contribution in [0.1, 0.15) is 19.8 Å². The molecule has 1 aromatic heterocycles. The van der Waals surface area contributed by atoms with E-state index in [0.29, 0.717) is 39.6 Å². The molecule has 7 heteroatoms. The van der Waals surface area contributed by atoms with E-state index in [1.807, 2.05) is 0 Å². The fraction of sp³-hybridized carbons (Fsp3) is 0.714. The fourth-order valence-electron chi connectivity index (χ4n) is 1.57. The summed E-state index contributed by atoms with van der Waals surface area (Å²) in [5.41, 5.74) is -0.821. The van der Waals surface area contributed by atoms with E-state index in [1.54, 1.807) is 0 Å². The van der Waals surface area contributed by atoms with Gasteiger partial charge in [-0.15, -0.1) is 0 Å². The van der Waals surface area contributed by atoms with Gasteiger partial charge < -0.3 is 14.2 Å². The van der Waals surface area contributed by atoms with E-state index in [9.17, 15) is 9.59 Å². The third-order valence-corrected chi connectivity index (χ3v) is 2.76. The van der Waals surface area contributed by atoms with E-state index in [2.05, 4.69) is 11.9 Å². The Kier molecular flexibility index (Phi) is 9.43. The molecule has 0 radical (unpaired) electrons. The standard InChI is InChI=1S/C14H24N2O5/c1-2-3-7-19-9-11-21-12-10-20-8-6-16-5-4-13(17)15-14(16)18/h4-5H,2-3,6-12H2,1H3,(H,15,17,18). The van der Waals surface area contributed by atoms with Crippen LogP contribution < -0.4 is 11.2 Å². The number of unbranched alkanes of at least 4 members (excludes halogenated alkanes) is 1. The first-order valence-electron chi connectivity index (χ1n) is 7.27. The molecule has 0 unspecified atom stereocenters. The van der Waals surface area contributed by atoms with E-state index in [0.717, 1.165) is 19.4 Å². The first-order chi connectivity index (χ1) is 10.2. The van der Waals surface area contributed by atoms with Gasteiger partial charge in [0.25, 0.3) is 5.56 Å². The monoisotopic (exact) mass is 300 g/mol. The van der Waals surface area contributed by atoms with Gasteiger partial charge in [0.2, 0.25) is 0 Å². The average molecular weight is 300 g/mol. The molecule has 0 fully saturated rings. The van der Waals surface area contributed by atoms with Crippen molar-refractivity contribution in [3.8, 4) is 0 Å². The molecule has 1 aromatic rings. The van der Waals surface area contributed by atoms with Gasteiger partial charge in [-0.3, -0.25) is 14.3 Å². The Morgan fingerprint density at radius 1 is 1.00 bits per heavy atom. The molecule has 0 saturated heterocycles. The second-order valence-electron chi connectivity index (χ2n) is 4.49. The molecule has 0 bridgehead atoms. The maximum atomic E-state index is 11.4. The Morgan fingerprint density at radius 3 is 2.24 bits per heavy atom. The molecule has 0 spiro atoms. The minimum Gasteiger partial charge on any atom is -0.379 e. The lowest BCUT2D eigenvalue weighted by Gasteiger charge is -2.07. The number of hydrogen-bond acceptors (Lipinski definition) is 5. The van der Waals surface area contributed by atoms with Crippen LogP contribution in [0.3, 0.4) is 0 Å². The Hall–Kier alpha value is -1.44. The van der Waals surface area contributed by atoms with E-state index in [-0.39, 0.29) is 0 Å². The highest BCUT2D eigenvalue weighted by molar-refractivity contribution is 4.82. The second kappa shape index (κ2) is 11.2. The molecule has 21 heavy (non-hydrogen) atoms. The zero-order valence-corrected chi connectivity index (χ0v) is 12.5. The van der Waals surface area contributed by atoms with Crippen molar-refractivity contribution in [1.29, 1.82) is 0 Å². The number of aromatic amines is 1. The molecule has 0 aliphatic carbocycles. The van der Waals surface area contributed by atoms with Gasteiger partial charge in [-0.2, -0.15) is 0 Å². The topological polar surface area (TPSA) is 82.6 Å². The van der Waals surface area contributed by atoms with Gasteiger partial charge in [-0.05, 0) is 6.42 Å². The normalized spacial score (nSPS) is 10.9. The molecular formula is C14H24N2O5. The van der Waals surface area contributed by atoms with Crippen LogP contribution >= 0.6 is 0 Å². The van der Waals surface area contributed by atoms with Crippen LogP contribution in [0.2, 0.25) is 0 Å². The van der Waals surface area contributed by atoms with Gasteiger partial charge in [0.15, 0.2) is 0 Å². The molecule has 0 atom stereocenters. The van der Waals surface area contributed by atoms with Crippen LogP contribution in [0.4, 0.5) is 0 Å². The van der Waals surface area contributed by atoms with Crippen molar-refractivity contribution in [3.63, 3.8) is 0 Å². The minimum atomic E-state index is -0.424. The SMILES string of the molecule is CCCCOCCOCCOCCn1ccc(=O)[nH]c1=O. The highest BCUT2D eigenvalue weighted by Gasteiger charge is 1.96. The summed E-state index contributed by atoms with van der Waals surface area (Å²) in [6.45, 7) is 5.82. The molecule has 7 nitrogen and oxygen atoms in total. The number of ether oxygens (including phenoxy) is 3. The van der Waals surface area contributed by atoms with E-state index >= 15 is 0 Å². The van der Waals surface area contributed by atoms with Crippen LogP contribution in [0, 0.1) is 0 Å². The van der Waals surface area contributed by atoms with Gasteiger partial charge in [0.05, 0.1) is 39.6 Å². The molecule has 0 amide bonds. The number of nitrogens with one attached hydrogen (secondary N) is 1. The summed E-state index contributed by atoms with van der Waals surface area (Å²) in [7, 11) is 0. The highest BCUT2D eigenvalue weighted by atomic mass is 16.5. The summed E-state index contributed by atoms with van der Waals surface area (Å²) in [4.78, 5) is 24.4. The average Bonchev–Trinajstić information content (AvgIpc) is 2.46. The molecular weight excluding hydrogens is 276 g/mol. The van der Waals surface area contributed by atoms with Gasteiger partial charge in [0.1, 0.15) is 0 Å². The number of hydrogen-bond donors (Lipinski definition) is 1. The zero-order valence-electron chi connectivity index (χ0n) is 12.5. The van der Waals surface area contributed by atoms with Crippen LogP contribution in [-0.4, -0.2) is 49.2 Å². The third kappa shape index (κ3) is 8.44. The predicted octanol–water partition coefficient (Wildman–Crippen LogP) is 0.387. The number of H-pyrrole nitrogens is 1. The molecule has 0 aromatic carbocycles. The van der Waals surface area contributed by atoms with Gasteiger partial charge >= 0.3 is 5.69 Å². The number of rotatable bonds is 12. The molecule has 1 rings (SSSR count). The summed E-state index contributed by atoms with van der Waals surface area (Å²) < 4.78 is 17.4. The molecule has 0 saturated carbocycles. The lowest BCUT2D eigenvalue weighted by molar-refractivity contribution is 0.0126. The van der Waals surface area contributed by atoms with Crippen LogP contribution in [0.25, 0.3) is 0 Å². The first-order valence-corrected chi connectivity index (χ1v) is 7.27. The summed E-state index contributed by atoms with van der Waals surface area (Å²) in [6.07, 6.45) is 3.66. The summed E-state index contributed by atoms with van der Waals surface area (Å²) in [5, 5.41) is 0. The van der Waals surface area contributed by atoms with Crippen LogP contribution in [-0.2, 0) is 20.8 Å². The van der Waals surface area contributed by atoms with E-state index in [1.165, 1.54) is 16.8 Å². The largest absolute Gasteiger partial charge is 0.379 e. The van der Waals surface area contributed by atoms with Crippen LogP contribution in [0.15, 0.2) is 21.9 Å². The van der Waals surface area contributed by atoms with Gasteiger partial charge in [-0.1, -0.05) is 13.3 Å². The molecule has 0 aliphatic heterocycles. The Balaban J connectivity index is 1.95. The smallest absolute Gasteiger partial charge is 0.328 e. The van der Waals surface area contributed by atoms with Crippen molar-refractivity contribution in [2.75, 3.05) is 39.6 Å². The Labute approximate surface area is 123 Å². The highest BCUT2D eigenvalue weighted by Crippen LogP contribution is 1.88. The van der Waals surface area contributed by atoms with Crippen molar-refractivity contribution in [3.05, 3.63) is 33.1 Å². The third-order valence-electron chi connectivity index (χ3n) is 2.76. The Morgan fingerprint density at radius 2 is 1.62 bits per heavy atom. The summed E-state index contributed by atoms with van der Waals surface area (Å²) in [5.74, 6) is 0. The van der Waals surface area contributed by atoms with E-state index < -0.39 is 11.2 Å². The summed E-state index contributed by atoms with van der Waals surface area (Å²) >= 11 is 0. The molecule has 0 aliphatic rings. The van der Waals surface area contributed by atoms with Crippen molar-refractivity contribution < 1.29 is 14.2 Å². The van der Waals surface area contributed by atoms with Gasteiger partial charge in [-0.25, -0.2) is 4.79 Å². The van der Waals surface area contributed by atoms with E-state index in [4.69, 9.17) is 14.2 Å². The van der Waals surface area contributed by atoms with Crippen molar-refractivity contribution in [1.82, 2.24) is 9.55 Å². The molecule has 1 N–H and O–H groups in total. The zero-order chi connectivity index (χ0) is 15.3. The minimum absolute atomic E-state index is 0.391. The van der Waals surface area contributed by atoms with Crippen molar-refractivity contribution in [2.24, 2.45) is 0 Å². The lowest BCUT2D eigenvalue weighted by Crippen LogP contribution is -2.29. The second-order valence-corrected chi connectivity index (χ2v) is 4.49. The van der Waals surface area contributed by atoms with Crippen molar-refractivity contribution in [2.45, 2.75) is 26.3 Å². The quantitative estimate of drug-likeness (QED) is 0.565. The Bertz CT molecular complexity index is 483. The van der Waals surface area contributed by atoms with Crippen molar-refractivity contribution >= 4 is 0 Å². The van der Waals surface area contributed by atoms with Gasteiger partial charge in [0, 0.05) is 18.9 Å². The molecule has 120 valence electrons. The predicted molar refractivity (Wildman–Crippen MR) is 78.7 cm³/mol. The fourth-order valence-corrected chi connectivity index (χ4v) is 1.57.